The van der Waals surface area contributed by atoms with Crippen molar-refractivity contribution in [3.8, 4) is 5.69 Å². The van der Waals surface area contributed by atoms with E-state index in [0.29, 0.717) is 44.1 Å². The maximum absolute atomic E-state index is 13.6. The number of hydrogen-bond acceptors (Lipinski definition) is 4. The quantitative estimate of drug-likeness (QED) is 0.408. The van der Waals surface area contributed by atoms with Crippen molar-refractivity contribution in [3.63, 3.8) is 0 Å². The predicted octanol–water partition coefficient (Wildman–Crippen LogP) is 4.79. The third-order valence-electron chi connectivity index (χ3n) is 5.86. The first kappa shape index (κ1) is 21.9. The summed E-state index contributed by atoms with van der Waals surface area (Å²) in [6.07, 6.45) is 1.78. The molecule has 170 valence electrons. The van der Waals surface area contributed by atoms with E-state index < -0.39 is 6.04 Å². The minimum absolute atomic E-state index is 0.241. The number of benzene rings is 2. The summed E-state index contributed by atoms with van der Waals surface area (Å²) in [6.45, 7) is 5.50. The smallest absolute Gasteiger partial charge is 0.264 e. The fourth-order valence-electron chi connectivity index (χ4n) is 4.24. The van der Waals surface area contributed by atoms with E-state index in [9.17, 15) is 9.59 Å². The average Bonchev–Trinajstić information content (AvgIpc) is 3.14. The molecule has 34 heavy (non-hydrogen) atoms. The van der Waals surface area contributed by atoms with Crippen LogP contribution in [-0.2, 0) is 0 Å². The molecular formula is C26H22ClN5O2. The molecule has 3 aromatic heterocycles. The summed E-state index contributed by atoms with van der Waals surface area (Å²) in [7, 11) is 0. The molecule has 3 heterocycles. The van der Waals surface area contributed by atoms with Crippen LogP contribution in [0.3, 0.4) is 0 Å². The van der Waals surface area contributed by atoms with Gasteiger partial charge in [0.1, 0.15) is 5.56 Å². The molecule has 0 bridgehead atoms. The molecule has 7 nitrogen and oxygen atoms in total. The zero-order valence-electron chi connectivity index (χ0n) is 18.9. The molecule has 0 saturated carbocycles. The van der Waals surface area contributed by atoms with Crippen LogP contribution in [-0.4, -0.2) is 25.1 Å². The van der Waals surface area contributed by atoms with Crippen LogP contribution < -0.4 is 10.9 Å². The van der Waals surface area contributed by atoms with Crippen molar-refractivity contribution < 1.29 is 4.79 Å². The van der Waals surface area contributed by atoms with Crippen molar-refractivity contribution in [2.45, 2.75) is 26.8 Å². The van der Waals surface area contributed by atoms with E-state index in [1.807, 2.05) is 62.4 Å². The van der Waals surface area contributed by atoms with E-state index >= 15 is 0 Å². The Balaban J connectivity index is 1.63. The summed E-state index contributed by atoms with van der Waals surface area (Å²) in [5.41, 5.74) is 3.36. The Bertz CT molecular complexity index is 1620. The fraction of sp³-hybridized carbons (Fsp3) is 0.154. The number of rotatable bonds is 4. The van der Waals surface area contributed by atoms with Crippen LogP contribution in [0.4, 0.5) is 0 Å². The number of halogens is 1. The number of nitrogens with one attached hydrogen (secondary N) is 1. The van der Waals surface area contributed by atoms with Gasteiger partial charge in [-0.3, -0.25) is 14.2 Å². The number of aryl methyl sites for hydroxylation is 2. The lowest BCUT2D eigenvalue weighted by Crippen LogP contribution is -2.32. The molecule has 8 heteroatoms. The number of carbonyl (C=O) groups excluding carboxylic acids is 1. The van der Waals surface area contributed by atoms with Gasteiger partial charge in [0.05, 0.1) is 22.1 Å². The molecule has 1 N–H and O–H groups in total. The van der Waals surface area contributed by atoms with Gasteiger partial charge < -0.3 is 5.32 Å². The minimum Gasteiger partial charge on any atom is -0.344 e. The first-order valence-electron chi connectivity index (χ1n) is 10.9. The second kappa shape index (κ2) is 8.43. The van der Waals surface area contributed by atoms with Crippen LogP contribution in [0.1, 0.15) is 40.4 Å². The zero-order valence-corrected chi connectivity index (χ0v) is 19.7. The SMILES string of the molecule is Cc1ccn2nc(C)c(C(=O)N[C@@H](C)c3cc4cccc(Cl)c4c(=O)n3-c3ccccc3)c2n1. The Hall–Kier alpha value is -3.97. The van der Waals surface area contributed by atoms with Crippen molar-refractivity contribution in [1.82, 2.24) is 24.5 Å². The third kappa shape index (κ3) is 3.64. The lowest BCUT2D eigenvalue weighted by Gasteiger charge is -2.21. The number of hydrogen-bond donors (Lipinski definition) is 1. The average molecular weight is 472 g/mol. The standard InChI is InChI=1S/C26H22ClN5O2/c1-15-12-13-31-24(28-15)22(17(3)30-31)25(33)29-16(2)21-14-18-8-7-11-20(27)23(18)26(34)32(21)19-9-5-4-6-10-19/h4-14,16H,1-3H3,(H,29,33)/t16-/m0/s1. The summed E-state index contributed by atoms with van der Waals surface area (Å²) >= 11 is 6.39. The Morgan fingerprint density at radius 2 is 1.82 bits per heavy atom. The van der Waals surface area contributed by atoms with Gasteiger partial charge >= 0.3 is 0 Å². The Morgan fingerprint density at radius 1 is 1.06 bits per heavy atom. The number of pyridine rings is 1. The first-order valence-corrected chi connectivity index (χ1v) is 11.3. The molecule has 0 aliphatic carbocycles. The molecule has 0 radical (unpaired) electrons. The number of aromatic nitrogens is 4. The largest absolute Gasteiger partial charge is 0.344 e. The third-order valence-corrected chi connectivity index (χ3v) is 6.17. The minimum atomic E-state index is -0.497. The van der Waals surface area contributed by atoms with Crippen molar-refractivity contribution in [2.24, 2.45) is 0 Å². The summed E-state index contributed by atoms with van der Waals surface area (Å²) in [6, 6.07) is 17.9. The van der Waals surface area contributed by atoms with Crippen molar-refractivity contribution >= 4 is 33.9 Å². The number of para-hydroxylation sites is 1. The molecule has 2 aromatic carbocycles. The topological polar surface area (TPSA) is 81.3 Å². The van der Waals surface area contributed by atoms with Gasteiger partial charge in [0.25, 0.3) is 11.5 Å². The van der Waals surface area contributed by atoms with E-state index in [0.717, 1.165) is 5.69 Å². The second-order valence-corrected chi connectivity index (χ2v) is 8.65. The van der Waals surface area contributed by atoms with Crippen molar-refractivity contribution in [3.05, 3.63) is 105 Å². The van der Waals surface area contributed by atoms with Crippen LogP contribution in [0.25, 0.3) is 22.1 Å². The highest BCUT2D eigenvalue weighted by Gasteiger charge is 2.23. The van der Waals surface area contributed by atoms with Crippen LogP contribution in [0.5, 0.6) is 0 Å². The highest BCUT2D eigenvalue weighted by atomic mass is 35.5. The number of carbonyl (C=O) groups is 1. The summed E-state index contributed by atoms with van der Waals surface area (Å²) in [5, 5.41) is 8.99. The maximum Gasteiger partial charge on any atom is 0.264 e. The van der Waals surface area contributed by atoms with Crippen LogP contribution >= 0.6 is 11.6 Å². The highest BCUT2D eigenvalue weighted by Crippen LogP contribution is 2.26. The lowest BCUT2D eigenvalue weighted by atomic mass is 10.1. The Morgan fingerprint density at radius 3 is 2.59 bits per heavy atom. The molecule has 1 amide bonds. The van der Waals surface area contributed by atoms with Gasteiger partial charge in [0, 0.05) is 23.3 Å². The second-order valence-electron chi connectivity index (χ2n) is 8.24. The Labute approximate surface area is 200 Å². The zero-order chi connectivity index (χ0) is 24.0. The number of amides is 1. The van der Waals surface area contributed by atoms with Crippen molar-refractivity contribution in [1.29, 1.82) is 0 Å². The first-order chi connectivity index (χ1) is 16.3. The van der Waals surface area contributed by atoms with E-state index in [2.05, 4.69) is 15.4 Å². The van der Waals surface area contributed by atoms with Gasteiger partial charge in [-0.1, -0.05) is 41.9 Å². The molecule has 0 aliphatic heterocycles. The highest BCUT2D eigenvalue weighted by molar-refractivity contribution is 6.35. The van der Waals surface area contributed by atoms with Gasteiger partial charge in [-0.05, 0) is 56.5 Å². The lowest BCUT2D eigenvalue weighted by molar-refractivity contribution is 0.0939. The summed E-state index contributed by atoms with van der Waals surface area (Å²) < 4.78 is 3.20. The molecular weight excluding hydrogens is 450 g/mol. The van der Waals surface area contributed by atoms with Gasteiger partial charge in [-0.15, -0.1) is 0 Å². The van der Waals surface area contributed by atoms with Gasteiger partial charge in [-0.25, -0.2) is 9.50 Å². The van der Waals surface area contributed by atoms with E-state index in [4.69, 9.17) is 11.6 Å². The van der Waals surface area contributed by atoms with Gasteiger partial charge in [0.15, 0.2) is 5.65 Å². The van der Waals surface area contributed by atoms with Crippen molar-refractivity contribution in [2.75, 3.05) is 0 Å². The van der Waals surface area contributed by atoms with E-state index in [-0.39, 0.29) is 11.5 Å². The molecule has 0 aliphatic rings. The molecule has 0 saturated heterocycles. The number of nitrogens with zero attached hydrogens (tertiary/aromatic N) is 4. The van der Waals surface area contributed by atoms with Gasteiger partial charge in [-0.2, -0.15) is 5.10 Å². The van der Waals surface area contributed by atoms with Crippen LogP contribution in [0.2, 0.25) is 5.02 Å². The molecule has 5 rings (SSSR count). The van der Waals surface area contributed by atoms with Gasteiger partial charge in [0.2, 0.25) is 0 Å². The summed E-state index contributed by atoms with van der Waals surface area (Å²) in [4.78, 5) is 31.5. The molecule has 0 spiro atoms. The molecule has 0 fully saturated rings. The van der Waals surface area contributed by atoms with E-state index in [1.165, 1.54) is 0 Å². The fourth-order valence-corrected chi connectivity index (χ4v) is 4.50. The predicted molar refractivity (Wildman–Crippen MR) is 133 cm³/mol. The maximum atomic E-state index is 13.6. The summed E-state index contributed by atoms with van der Waals surface area (Å²) in [5.74, 6) is -0.309. The van der Waals surface area contributed by atoms with E-state index in [1.54, 1.807) is 34.3 Å². The number of fused-ring (bicyclic) bond motifs is 2. The molecule has 1 atom stereocenters. The Kier molecular flexibility index (Phi) is 5.42. The monoisotopic (exact) mass is 471 g/mol. The van der Waals surface area contributed by atoms with Crippen LogP contribution in [0, 0.1) is 13.8 Å². The van der Waals surface area contributed by atoms with Crippen LogP contribution in [0.15, 0.2) is 71.7 Å². The molecule has 5 aromatic rings. The molecule has 0 unspecified atom stereocenters. The normalized spacial score (nSPS) is 12.2.